The molecule has 0 bridgehead atoms. The Hall–Kier alpha value is -3.88. The number of carbonyl (C=O) groups is 2. The van der Waals surface area contributed by atoms with Crippen molar-refractivity contribution in [3.8, 4) is 0 Å². The van der Waals surface area contributed by atoms with Crippen LogP contribution in [0.1, 0.15) is 78.4 Å². The molecule has 3 aromatic rings. The third-order valence-electron chi connectivity index (χ3n) is 10.8. The molecule has 236 valence electrons. The Labute approximate surface area is 263 Å². The Morgan fingerprint density at radius 2 is 1.53 bits per heavy atom. The minimum absolute atomic E-state index is 0.0408. The molecule has 1 aliphatic carbocycles. The topological polar surface area (TPSA) is 69.6 Å². The smallest absolute Gasteiger partial charge is 0.253 e. The van der Waals surface area contributed by atoms with Gasteiger partial charge in [0, 0.05) is 57.2 Å². The number of aromatic nitrogens is 2. The van der Waals surface area contributed by atoms with E-state index in [9.17, 15) is 18.4 Å². The number of piperidine rings is 1. The van der Waals surface area contributed by atoms with Gasteiger partial charge in [0.15, 0.2) is 11.6 Å². The van der Waals surface area contributed by atoms with Crippen LogP contribution in [0.15, 0.2) is 54.9 Å². The number of amides is 2. The van der Waals surface area contributed by atoms with Crippen molar-refractivity contribution in [1.82, 2.24) is 19.8 Å². The van der Waals surface area contributed by atoms with Gasteiger partial charge in [0.25, 0.3) is 5.91 Å². The number of fused-ring (bicyclic) bond motifs is 1. The SMILES string of the molecule is CCc1cnc(N2CCC(c3cccc(C(=O)N4CC[C@@H]5CN(C(=O)C6(c7ccc(F)c(F)c7)CC6)C[C@@H]5CC4)c3)CC2)nc1. The van der Waals surface area contributed by atoms with E-state index in [1.54, 1.807) is 6.07 Å². The number of benzene rings is 2. The van der Waals surface area contributed by atoms with E-state index in [-0.39, 0.29) is 11.8 Å². The van der Waals surface area contributed by atoms with Gasteiger partial charge in [-0.05, 0) is 104 Å². The number of carbonyl (C=O) groups excluding carboxylic acids is 2. The van der Waals surface area contributed by atoms with Gasteiger partial charge in [-0.25, -0.2) is 18.7 Å². The summed E-state index contributed by atoms with van der Waals surface area (Å²) in [6, 6.07) is 12.1. The number of anilines is 1. The highest BCUT2D eigenvalue weighted by molar-refractivity contribution is 5.94. The second-order valence-corrected chi connectivity index (χ2v) is 13.4. The maximum Gasteiger partial charge on any atom is 0.253 e. The van der Waals surface area contributed by atoms with Gasteiger partial charge in [-0.2, -0.15) is 0 Å². The molecular formula is C36H41F2N5O2. The summed E-state index contributed by atoms with van der Waals surface area (Å²) < 4.78 is 27.5. The van der Waals surface area contributed by atoms with Gasteiger partial charge in [-0.3, -0.25) is 9.59 Å². The van der Waals surface area contributed by atoms with Gasteiger partial charge in [0.2, 0.25) is 11.9 Å². The van der Waals surface area contributed by atoms with E-state index >= 15 is 0 Å². The predicted octanol–water partition coefficient (Wildman–Crippen LogP) is 5.74. The highest BCUT2D eigenvalue weighted by atomic mass is 19.2. The molecule has 7 nitrogen and oxygen atoms in total. The molecule has 1 aromatic heterocycles. The van der Waals surface area contributed by atoms with Crippen molar-refractivity contribution in [2.24, 2.45) is 11.8 Å². The number of likely N-dealkylation sites (tertiary alicyclic amines) is 2. The van der Waals surface area contributed by atoms with Crippen LogP contribution in [0.25, 0.3) is 0 Å². The van der Waals surface area contributed by atoms with Crippen molar-refractivity contribution in [3.63, 3.8) is 0 Å². The summed E-state index contributed by atoms with van der Waals surface area (Å²) in [4.78, 5) is 42.6. The van der Waals surface area contributed by atoms with E-state index < -0.39 is 17.0 Å². The van der Waals surface area contributed by atoms with Gasteiger partial charge in [-0.15, -0.1) is 0 Å². The first kappa shape index (κ1) is 29.8. The third kappa shape index (κ3) is 5.82. The van der Waals surface area contributed by atoms with E-state index in [0.29, 0.717) is 62.3 Å². The molecule has 0 radical (unpaired) electrons. The molecule has 2 amide bonds. The van der Waals surface area contributed by atoms with Gasteiger partial charge >= 0.3 is 0 Å². The Balaban J connectivity index is 0.943. The van der Waals surface area contributed by atoms with Crippen LogP contribution in [0.3, 0.4) is 0 Å². The molecular weight excluding hydrogens is 572 g/mol. The summed E-state index contributed by atoms with van der Waals surface area (Å²) in [6.07, 6.45) is 9.81. The van der Waals surface area contributed by atoms with E-state index in [0.717, 1.165) is 68.3 Å². The Bertz CT molecular complexity index is 1550. The summed E-state index contributed by atoms with van der Waals surface area (Å²) in [7, 11) is 0. The number of hydrogen-bond acceptors (Lipinski definition) is 5. The van der Waals surface area contributed by atoms with Crippen LogP contribution in [0, 0.1) is 23.5 Å². The molecule has 2 atom stereocenters. The number of rotatable bonds is 6. The summed E-state index contributed by atoms with van der Waals surface area (Å²) in [5, 5.41) is 0. The van der Waals surface area contributed by atoms with Crippen molar-refractivity contribution in [3.05, 3.63) is 88.7 Å². The quantitative estimate of drug-likeness (QED) is 0.355. The van der Waals surface area contributed by atoms with Crippen LogP contribution >= 0.6 is 0 Å². The third-order valence-corrected chi connectivity index (χ3v) is 10.8. The van der Waals surface area contributed by atoms with E-state index in [4.69, 9.17) is 0 Å². The standard InChI is InChI=1S/C36H41F2N5O2/c1-2-24-20-39-35(40-21-24)42-16-8-25(9-17-42)26-4-3-5-27(18-26)33(44)41-14-10-28-22-43(23-29(28)11-15-41)34(45)36(12-13-36)30-6-7-31(37)32(38)19-30/h3-7,18-21,25,28-29H,2,8-17,22-23H2,1H3/t28-,29+. The van der Waals surface area contributed by atoms with E-state index in [2.05, 4.69) is 33.9 Å². The zero-order chi connectivity index (χ0) is 31.1. The van der Waals surface area contributed by atoms with Gasteiger partial charge in [-0.1, -0.05) is 25.1 Å². The fourth-order valence-corrected chi connectivity index (χ4v) is 7.78. The fourth-order valence-electron chi connectivity index (χ4n) is 7.78. The van der Waals surface area contributed by atoms with Crippen LogP contribution < -0.4 is 4.90 Å². The van der Waals surface area contributed by atoms with Crippen molar-refractivity contribution < 1.29 is 18.4 Å². The molecule has 0 N–H and O–H groups in total. The zero-order valence-corrected chi connectivity index (χ0v) is 25.9. The highest BCUT2D eigenvalue weighted by Crippen LogP contribution is 2.51. The molecule has 7 rings (SSSR count). The Morgan fingerprint density at radius 1 is 0.844 bits per heavy atom. The molecule has 0 unspecified atom stereocenters. The van der Waals surface area contributed by atoms with Gasteiger partial charge in [0.05, 0.1) is 5.41 Å². The number of hydrogen-bond donors (Lipinski definition) is 0. The minimum Gasteiger partial charge on any atom is -0.341 e. The molecule has 4 heterocycles. The minimum atomic E-state index is -0.901. The molecule has 9 heteroatoms. The predicted molar refractivity (Wildman–Crippen MR) is 168 cm³/mol. The summed E-state index contributed by atoms with van der Waals surface area (Å²) in [5.41, 5.74) is 2.98. The van der Waals surface area contributed by atoms with Crippen LogP contribution in [0.2, 0.25) is 0 Å². The monoisotopic (exact) mass is 613 g/mol. The fraction of sp³-hybridized carbons (Fsp3) is 0.500. The highest BCUT2D eigenvalue weighted by Gasteiger charge is 2.55. The first-order valence-electron chi connectivity index (χ1n) is 16.5. The van der Waals surface area contributed by atoms with Crippen molar-refractivity contribution in [2.75, 3.05) is 44.2 Å². The average Bonchev–Trinajstić information content (AvgIpc) is 3.84. The Morgan fingerprint density at radius 3 is 2.16 bits per heavy atom. The summed E-state index contributed by atoms with van der Waals surface area (Å²) >= 11 is 0. The molecule has 45 heavy (non-hydrogen) atoms. The molecule has 0 spiro atoms. The van der Waals surface area contributed by atoms with E-state index in [1.165, 1.54) is 11.6 Å². The van der Waals surface area contributed by atoms with Crippen LogP contribution in [-0.2, 0) is 16.6 Å². The summed E-state index contributed by atoms with van der Waals surface area (Å²) in [6.45, 7) is 6.57. The Kier molecular flexibility index (Phi) is 8.04. The maximum absolute atomic E-state index is 14.0. The molecule has 4 aliphatic rings. The largest absolute Gasteiger partial charge is 0.341 e. The van der Waals surface area contributed by atoms with Crippen LogP contribution in [0.5, 0.6) is 0 Å². The zero-order valence-electron chi connectivity index (χ0n) is 25.9. The molecule has 4 fully saturated rings. The number of nitrogens with zero attached hydrogens (tertiary/aromatic N) is 5. The lowest BCUT2D eigenvalue weighted by Gasteiger charge is -2.32. The van der Waals surface area contributed by atoms with Crippen LogP contribution in [0.4, 0.5) is 14.7 Å². The lowest BCUT2D eigenvalue weighted by Crippen LogP contribution is -2.39. The lowest BCUT2D eigenvalue weighted by atomic mass is 9.88. The maximum atomic E-state index is 14.0. The molecule has 2 aromatic carbocycles. The second-order valence-electron chi connectivity index (χ2n) is 13.4. The molecule has 3 saturated heterocycles. The van der Waals surface area contributed by atoms with Crippen LogP contribution in [-0.4, -0.2) is 70.9 Å². The molecule has 3 aliphatic heterocycles. The first-order chi connectivity index (χ1) is 21.8. The second kappa shape index (κ2) is 12.1. The van der Waals surface area contributed by atoms with E-state index in [1.807, 2.05) is 34.3 Å². The molecule has 1 saturated carbocycles. The normalized spacial score (nSPS) is 23.0. The van der Waals surface area contributed by atoms with Gasteiger partial charge < -0.3 is 14.7 Å². The van der Waals surface area contributed by atoms with Crippen molar-refractivity contribution in [1.29, 1.82) is 0 Å². The number of halogens is 2. The van der Waals surface area contributed by atoms with Crippen molar-refractivity contribution >= 4 is 17.8 Å². The summed E-state index contributed by atoms with van der Waals surface area (Å²) in [5.74, 6) is 0.211. The number of aryl methyl sites for hydroxylation is 1. The lowest BCUT2D eigenvalue weighted by molar-refractivity contribution is -0.133. The average molecular weight is 614 g/mol. The first-order valence-corrected chi connectivity index (χ1v) is 16.5. The van der Waals surface area contributed by atoms with Gasteiger partial charge in [0.1, 0.15) is 0 Å². The van der Waals surface area contributed by atoms with Crippen molar-refractivity contribution in [2.45, 2.75) is 63.2 Å².